The first-order valence-electron chi connectivity index (χ1n) is 5.57. The minimum atomic E-state index is -0.282. The molecule has 3 N–H and O–H groups in total. The molecule has 0 aliphatic rings. The number of fused-ring (bicyclic) bond motifs is 1. The van der Waals surface area contributed by atoms with Gasteiger partial charge in [-0.1, -0.05) is 12.1 Å². The molecule has 19 heavy (non-hydrogen) atoms. The molecule has 0 fully saturated rings. The van der Waals surface area contributed by atoms with E-state index in [1.807, 2.05) is 0 Å². The number of rotatable bonds is 1. The zero-order valence-corrected chi connectivity index (χ0v) is 10.5. The fourth-order valence-electron chi connectivity index (χ4n) is 1.89. The van der Waals surface area contributed by atoms with Crippen molar-refractivity contribution in [2.45, 2.75) is 0 Å². The van der Waals surface area contributed by atoms with Crippen molar-refractivity contribution in [1.82, 2.24) is 15.0 Å². The van der Waals surface area contributed by atoms with Crippen LogP contribution in [-0.2, 0) is 0 Å². The van der Waals surface area contributed by atoms with Crippen LogP contribution in [0.1, 0.15) is 0 Å². The third kappa shape index (κ3) is 2.02. The number of nitrogens with zero attached hydrogens (tertiary/aromatic N) is 1. The summed E-state index contributed by atoms with van der Waals surface area (Å²) in [4.78, 5) is 21.3. The van der Waals surface area contributed by atoms with Gasteiger partial charge in [-0.15, -0.1) is 0 Å². The van der Waals surface area contributed by atoms with E-state index in [1.54, 1.807) is 36.4 Å². The molecule has 0 amide bonds. The number of phenols is 1. The summed E-state index contributed by atoms with van der Waals surface area (Å²) >= 11 is 4.91. The SMILES string of the molecule is O=c1[nH]c(=S)[nH]c2nc(-c3ccccc3O)ccc12. The first-order chi connectivity index (χ1) is 9.15. The van der Waals surface area contributed by atoms with Gasteiger partial charge in [0.15, 0.2) is 4.77 Å². The largest absolute Gasteiger partial charge is 0.507 e. The minimum Gasteiger partial charge on any atom is -0.507 e. The lowest BCUT2D eigenvalue weighted by atomic mass is 10.1. The summed E-state index contributed by atoms with van der Waals surface area (Å²) in [7, 11) is 0. The second-order valence-corrected chi connectivity index (χ2v) is 4.43. The Morgan fingerprint density at radius 2 is 1.89 bits per heavy atom. The van der Waals surface area contributed by atoms with Gasteiger partial charge in [0.25, 0.3) is 5.56 Å². The number of aromatic hydroxyl groups is 1. The van der Waals surface area contributed by atoms with Gasteiger partial charge in [-0.2, -0.15) is 0 Å². The van der Waals surface area contributed by atoms with E-state index in [2.05, 4.69) is 15.0 Å². The average Bonchev–Trinajstić information content (AvgIpc) is 2.38. The minimum absolute atomic E-state index is 0.137. The lowest BCUT2D eigenvalue weighted by Crippen LogP contribution is -2.08. The van der Waals surface area contributed by atoms with Crippen LogP contribution < -0.4 is 5.56 Å². The van der Waals surface area contributed by atoms with E-state index >= 15 is 0 Å². The monoisotopic (exact) mass is 271 g/mol. The van der Waals surface area contributed by atoms with Gasteiger partial charge in [0.05, 0.1) is 11.1 Å². The van der Waals surface area contributed by atoms with Crippen LogP contribution in [0.5, 0.6) is 5.75 Å². The molecule has 3 aromatic rings. The molecule has 0 bridgehead atoms. The second-order valence-electron chi connectivity index (χ2n) is 4.02. The summed E-state index contributed by atoms with van der Waals surface area (Å²) in [6, 6.07) is 10.2. The highest BCUT2D eigenvalue weighted by Crippen LogP contribution is 2.27. The van der Waals surface area contributed by atoms with Crippen LogP contribution in [0.3, 0.4) is 0 Å². The molecular formula is C13H9N3O2S. The molecule has 0 atom stereocenters. The van der Waals surface area contributed by atoms with Gasteiger partial charge in [0.1, 0.15) is 11.4 Å². The van der Waals surface area contributed by atoms with Crippen LogP contribution in [0.4, 0.5) is 0 Å². The highest BCUT2D eigenvalue weighted by molar-refractivity contribution is 7.71. The predicted molar refractivity (Wildman–Crippen MR) is 74.6 cm³/mol. The first kappa shape index (κ1) is 11.6. The van der Waals surface area contributed by atoms with E-state index in [1.165, 1.54) is 0 Å². The van der Waals surface area contributed by atoms with Gasteiger partial charge in [-0.3, -0.25) is 9.78 Å². The van der Waals surface area contributed by atoms with E-state index in [-0.39, 0.29) is 16.1 Å². The van der Waals surface area contributed by atoms with Gasteiger partial charge >= 0.3 is 0 Å². The molecule has 0 spiro atoms. The molecule has 0 unspecified atom stereocenters. The normalized spacial score (nSPS) is 10.7. The Balaban J connectivity index is 2.31. The summed E-state index contributed by atoms with van der Waals surface area (Å²) in [6.07, 6.45) is 0. The van der Waals surface area contributed by atoms with Crippen molar-refractivity contribution in [3.63, 3.8) is 0 Å². The predicted octanol–water partition coefficient (Wildman–Crippen LogP) is 2.35. The smallest absolute Gasteiger partial charge is 0.261 e. The van der Waals surface area contributed by atoms with Gasteiger partial charge in [-0.25, -0.2) is 4.98 Å². The Bertz CT molecular complexity index is 883. The summed E-state index contributed by atoms with van der Waals surface area (Å²) in [5.41, 5.74) is 1.29. The van der Waals surface area contributed by atoms with E-state index in [9.17, 15) is 9.90 Å². The third-order valence-corrected chi connectivity index (χ3v) is 2.98. The maximum Gasteiger partial charge on any atom is 0.261 e. The number of phenolic OH excluding ortho intramolecular Hbond substituents is 1. The van der Waals surface area contributed by atoms with Crippen LogP contribution in [0, 0.1) is 4.77 Å². The molecule has 0 saturated heterocycles. The zero-order chi connectivity index (χ0) is 13.4. The van der Waals surface area contributed by atoms with Crippen LogP contribution in [0.2, 0.25) is 0 Å². The maximum absolute atomic E-state index is 11.7. The van der Waals surface area contributed by atoms with Crippen molar-refractivity contribution >= 4 is 23.3 Å². The molecule has 0 aliphatic carbocycles. The molecule has 0 aliphatic heterocycles. The Hall–Kier alpha value is -2.47. The topological polar surface area (TPSA) is 81.8 Å². The molecular weight excluding hydrogens is 262 g/mol. The van der Waals surface area contributed by atoms with Crippen molar-refractivity contribution in [3.05, 3.63) is 51.5 Å². The molecule has 2 aromatic heterocycles. The number of para-hydroxylation sites is 1. The van der Waals surface area contributed by atoms with Crippen molar-refractivity contribution in [2.24, 2.45) is 0 Å². The van der Waals surface area contributed by atoms with Crippen molar-refractivity contribution in [2.75, 3.05) is 0 Å². The molecule has 2 heterocycles. The Morgan fingerprint density at radius 3 is 2.68 bits per heavy atom. The van der Waals surface area contributed by atoms with Crippen molar-refractivity contribution in [3.8, 4) is 17.0 Å². The molecule has 1 aromatic carbocycles. The van der Waals surface area contributed by atoms with Crippen LogP contribution in [0.15, 0.2) is 41.2 Å². The summed E-state index contributed by atoms with van der Waals surface area (Å²) in [5.74, 6) is 0.137. The van der Waals surface area contributed by atoms with E-state index < -0.39 is 0 Å². The number of aromatic amines is 2. The average molecular weight is 271 g/mol. The molecule has 0 radical (unpaired) electrons. The molecule has 0 saturated carbocycles. The van der Waals surface area contributed by atoms with Crippen molar-refractivity contribution in [1.29, 1.82) is 0 Å². The lowest BCUT2D eigenvalue weighted by molar-refractivity contribution is 0.477. The number of pyridine rings is 1. The molecule has 5 nitrogen and oxygen atoms in total. The van der Waals surface area contributed by atoms with E-state index in [0.29, 0.717) is 22.3 Å². The summed E-state index contributed by atoms with van der Waals surface area (Å²) in [6.45, 7) is 0. The summed E-state index contributed by atoms with van der Waals surface area (Å²) in [5, 5.41) is 10.2. The van der Waals surface area contributed by atoms with Gasteiger partial charge in [-0.05, 0) is 36.5 Å². The van der Waals surface area contributed by atoms with Crippen LogP contribution in [0.25, 0.3) is 22.3 Å². The van der Waals surface area contributed by atoms with Gasteiger partial charge < -0.3 is 10.1 Å². The second kappa shape index (κ2) is 4.33. The fraction of sp³-hybridized carbons (Fsp3) is 0. The van der Waals surface area contributed by atoms with Crippen LogP contribution in [-0.4, -0.2) is 20.1 Å². The maximum atomic E-state index is 11.7. The third-order valence-electron chi connectivity index (χ3n) is 2.78. The molecule has 6 heteroatoms. The number of aromatic nitrogens is 3. The molecule has 3 rings (SSSR count). The van der Waals surface area contributed by atoms with E-state index in [0.717, 1.165) is 0 Å². The fourth-order valence-corrected chi connectivity index (χ4v) is 2.08. The number of nitrogens with one attached hydrogen (secondary N) is 2. The standard InChI is InChI=1S/C13H9N3O2S/c17-10-4-2-1-3-7(10)9-6-5-8-11(14-9)15-13(19)16-12(8)18/h1-6,17H,(H2,14,15,16,18,19). The van der Waals surface area contributed by atoms with Gasteiger partial charge in [0, 0.05) is 5.56 Å². The highest BCUT2D eigenvalue weighted by atomic mass is 32.1. The Kier molecular flexibility index (Phi) is 2.64. The number of hydrogen-bond acceptors (Lipinski definition) is 4. The number of hydrogen-bond donors (Lipinski definition) is 3. The first-order valence-corrected chi connectivity index (χ1v) is 5.98. The highest BCUT2D eigenvalue weighted by Gasteiger charge is 2.07. The van der Waals surface area contributed by atoms with E-state index in [4.69, 9.17) is 12.2 Å². The Labute approximate surface area is 112 Å². The Morgan fingerprint density at radius 1 is 1.11 bits per heavy atom. The lowest BCUT2D eigenvalue weighted by Gasteiger charge is -2.04. The number of H-pyrrole nitrogens is 2. The zero-order valence-electron chi connectivity index (χ0n) is 9.68. The number of benzene rings is 1. The van der Waals surface area contributed by atoms with Crippen LogP contribution >= 0.6 is 12.2 Å². The van der Waals surface area contributed by atoms with Gasteiger partial charge in [0.2, 0.25) is 0 Å². The summed E-state index contributed by atoms with van der Waals surface area (Å²) < 4.78 is 0.222. The molecule has 94 valence electrons. The van der Waals surface area contributed by atoms with Crippen molar-refractivity contribution < 1.29 is 5.11 Å². The quantitative estimate of drug-likeness (QED) is 0.593.